The molecule has 3 aromatic carbocycles. The van der Waals surface area contributed by atoms with Gasteiger partial charge in [-0.1, -0.05) is 66.7 Å². The lowest BCUT2D eigenvalue weighted by Gasteiger charge is -2.22. The molecular weight excluding hydrogens is 372 g/mol. The molecule has 0 aliphatic rings. The summed E-state index contributed by atoms with van der Waals surface area (Å²) in [7, 11) is -3.50. The molecule has 144 valence electrons. The van der Waals surface area contributed by atoms with Gasteiger partial charge in [0.2, 0.25) is 10.0 Å². The number of para-hydroxylation sites is 1. The molecule has 0 aliphatic heterocycles. The van der Waals surface area contributed by atoms with Gasteiger partial charge in [0.1, 0.15) is 0 Å². The second kappa shape index (κ2) is 8.27. The van der Waals surface area contributed by atoms with Gasteiger partial charge in [-0.15, -0.1) is 0 Å². The molecule has 2 N–H and O–H groups in total. The van der Waals surface area contributed by atoms with Crippen molar-refractivity contribution in [1.82, 2.24) is 5.32 Å². The van der Waals surface area contributed by atoms with E-state index in [1.165, 1.54) is 0 Å². The zero-order chi connectivity index (χ0) is 20.1. The van der Waals surface area contributed by atoms with E-state index < -0.39 is 10.0 Å². The van der Waals surface area contributed by atoms with E-state index in [1.54, 1.807) is 24.3 Å². The molecule has 0 bridgehead atoms. The number of sulfonamides is 1. The maximum absolute atomic E-state index is 13.1. The third kappa shape index (κ3) is 4.78. The third-order valence-electron chi connectivity index (χ3n) is 4.37. The molecule has 5 nitrogen and oxygen atoms in total. The highest BCUT2D eigenvalue weighted by molar-refractivity contribution is 7.92. The van der Waals surface area contributed by atoms with Crippen LogP contribution in [0.25, 0.3) is 0 Å². The summed E-state index contributed by atoms with van der Waals surface area (Å²) in [5.41, 5.74) is 3.50. The quantitative estimate of drug-likeness (QED) is 0.666. The van der Waals surface area contributed by atoms with Crippen molar-refractivity contribution >= 4 is 21.6 Å². The summed E-state index contributed by atoms with van der Waals surface area (Å²) in [6, 6.07) is 23.7. The Morgan fingerprint density at radius 3 is 2.14 bits per heavy atom. The summed E-state index contributed by atoms with van der Waals surface area (Å²) in [5.74, 6) is -0.358. The fourth-order valence-corrected chi connectivity index (χ4v) is 3.65. The average Bonchev–Trinajstić information content (AvgIpc) is 2.66. The zero-order valence-corrected chi connectivity index (χ0v) is 16.5. The molecule has 28 heavy (non-hydrogen) atoms. The molecule has 0 aromatic heterocycles. The molecule has 0 saturated heterocycles. The normalized spacial score (nSPS) is 12.2. The molecule has 0 radical (unpaired) electrons. The molecule has 3 aromatic rings. The number of amides is 1. The summed E-state index contributed by atoms with van der Waals surface area (Å²) in [6.45, 7) is 2.00. The molecule has 6 heteroatoms. The molecule has 1 amide bonds. The fraction of sp³-hybridized carbons (Fsp3) is 0.136. The monoisotopic (exact) mass is 394 g/mol. The van der Waals surface area contributed by atoms with Crippen molar-refractivity contribution in [1.29, 1.82) is 0 Å². The van der Waals surface area contributed by atoms with Gasteiger partial charge in [0.15, 0.2) is 0 Å². The molecular formula is C22H22N2O3S. The number of benzene rings is 3. The first-order valence-corrected chi connectivity index (χ1v) is 10.7. The summed E-state index contributed by atoms with van der Waals surface area (Å²) >= 11 is 0. The first kappa shape index (κ1) is 19.6. The maximum Gasteiger partial charge on any atom is 0.254 e. The lowest BCUT2D eigenvalue weighted by Crippen LogP contribution is -2.30. The van der Waals surface area contributed by atoms with Gasteiger partial charge in [-0.05, 0) is 35.7 Å². The molecule has 0 saturated carbocycles. The van der Waals surface area contributed by atoms with Gasteiger partial charge in [0.25, 0.3) is 5.91 Å². The number of rotatable bonds is 6. The second-order valence-electron chi connectivity index (χ2n) is 6.59. The predicted molar refractivity (Wildman–Crippen MR) is 112 cm³/mol. The zero-order valence-electron chi connectivity index (χ0n) is 15.7. The Balaban J connectivity index is 1.99. The van der Waals surface area contributed by atoms with Crippen molar-refractivity contribution in [2.45, 2.75) is 13.0 Å². The van der Waals surface area contributed by atoms with Crippen molar-refractivity contribution in [3.8, 4) is 0 Å². The van der Waals surface area contributed by atoms with E-state index in [9.17, 15) is 13.2 Å². The summed E-state index contributed by atoms with van der Waals surface area (Å²) < 4.78 is 25.7. The number of aryl methyl sites for hydroxylation is 1. The van der Waals surface area contributed by atoms with Crippen molar-refractivity contribution in [3.05, 3.63) is 101 Å². The minimum absolute atomic E-state index is 0.249. The Morgan fingerprint density at radius 1 is 0.857 bits per heavy atom. The minimum atomic E-state index is -3.50. The van der Waals surface area contributed by atoms with Crippen LogP contribution >= 0.6 is 0 Å². The van der Waals surface area contributed by atoms with E-state index in [0.29, 0.717) is 0 Å². The number of hydrogen-bond donors (Lipinski definition) is 2. The first-order valence-electron chi connectivity index (χ1n) is 8.83. The molecule has 0 spiro atoms. The lowest BCUT2D eigenvalue weighted by atomic mass is 9.94. The Morgan fingerprint density at radius 2 is 1.46 bits per heavy atom. The van der Waals surface area contributed by atoms with Crippen LogP contribution in [-0.2, 0) is 10.0 Å². The van der Waals surface area contributed by atoms with Crippen LogP contribution in [0.15, 0.2) is 78.9 Å². The summed E-state index contributed by atoms with van der Waals surface area (Å²) in [6.07, 6.45) is 1.06. The average molecular weight is 394 g/mol. The molecule has 3 rings (SSSR count). The van der Waals surface area contributed by atoms with Crippen LogP contribution in [-0.4, -0.2) is 20.6 Å². The number of anilines is 1. The van der Waals surface area contributed by atoms with Crippen LogP contribution in [0.5, 0.6) is 0 Å². The molecule has 0 fully saturated rings. The van der Waals surface area contributed by atoms with Crippen LogP contribution in [0, 0.1) is 6.92 Å². The smallest absolute Gasteiger partial charge is 0.254 e. The van der Waals surface area contributed by atoms with Crippen molar-refractivity contribution < 1.29 is 13.2 Å². The fourth-order valence-electron chi connectivity index (χ4n) is 3.08. The minimum Gasteiger partial charge on any atom is -0.341 e. The summed E-state index contributed by atoms with van der Waals surface area (Å²) in [5, 5.41) is 3.06. The second-order valence-corrected chi connectivity index (χ2v) is 8.34. The highest BCUT2D eigenvalue weighted by Crippen LogP contribution is 2.26. The van der Waals surface area contributed by atoms with Gasteiger partial charge >= 0.3 is 0 Å². The van der Waals surface area contributed by atoms with Gasteiger partial charge in [-0.25, -0.2) is 8.42 Å². The van der Waals surface area contributed by atoms with Crippen LogP contribution in [0.4, 0.5) is 5.69 Å². The Hall–Kier alpha value is -3.12. The van der Waals surface area contributed by atoms with Crippen LogP contribution in [0.2, 0.25) is 0 Å². The van der Waals surface area contributed by atoms with E-state index in [4.69, 9.17) is 0 Å². The highest BCUT2D eigenvalue weighted by Gasteiger charge is 2.21. The van der Waals surface area contributed by atoms with Gasteiger partial charge < -0.3 is 5.32 Å². The topological polar surface area (TPSA) is 75.3 Å². The Bertz CT molecular complexity index is 1080. The van der Waals surface area contributed by atoms with E-state index >= 15 is 0 Å². The van der Waals surface area contributed by atoms with Gasteiger partial charge in [0, 0.05) is 0 Å². The molecule has 0 unspecified atom stereocenters. The number of carbonyl (C=O) groups excluding carboxylic acids is 1. The van der Waals surface area contributed by atoms with Crippen molar-refractivity contribution in [2.75, 3.05) is 11.0 Å². The van der Waals surface area contributed by atoms with E-state index in [-0.39, 0.29) is 23.2 Å². The van der Waals surface area contributed by atoms with Gasteiger partial charge in [-0.3, -0.25) is 9.52 Å². The Kier molecular flexibility index (Phi) is 5.80. The summed E-state index contributed by atoms with van der Waals surface area (Å²) in [4.78, 5) is 13.1. The van der Waals surface area contributed by atoms with Crippen LogP contribution in [0.3, 0.4) is 0 Å². The van der Waals surface area contributed by atoms with Crippen LogP contribution < -0.4 is 10.0 Å². The molecule has 1 atom stereocenters. The molecule has 0 aliphatic carbocycles. The first-order chi connectivity index (χ1) is 13.3. The SMILES string of the molecule is Cc1ccccc1[C@@H](NC(=O)c1ccccc1NS(C)(=O)=O)c1ccccc1. The Labute approximate surface area is 165 Å². The number of hydrogen-bond acceptors (Lipinski definition) is 3. The number of carbonyl (C=O) groups is 1. The highest BCUT2D eigenvalue weighted by atomic mass is 32.2. The maximum atomic E-state index is 13.1. The van der Waals surface area contributed by atoms with E-state index in [1.807, 2.05) is 61.5 Å². The van der Waals surface area contributed by atoms with Gasteiger partial charge in [0.05, 0.1) is 23.5 Å². The van der Waals surface area contributed by atoms with E-state index in [2.05, 4.69) is 10.0 Å². The predicted octanol–water partition coefficient (Wildman–Crippen LogP) is 3.89. The van der Waals surface area contributed by atoms with Crippen molar-refractivity contribution in [2.24, 2.45) is 0 Å². The van der Waals surface area contributed by atoms with Gasteiger partial charge in [-0.2, -0.15) is 0 Å². The largest absolute Gasteiger partial charge is 0.341 e. The van der Waals surface area contributed by atoms with E-state index in [0.717, 1.165) is 22.9 Å². The van der Waals surface area contributed by atoms with Crippen molar-refractivity contribution in [3.63, 3.8) is 0 Å². The number of nitrogens with one attached hydrogen (secondary N) is 2. The standard InChI is InChI=1S/C22H22N2O3S/c1-16-10-6-7-13-18(16)21(17-11-4-3-5-12-17)23-22(25)19-14-8-9-15-20(19)24-28(2,26)27/h3-15,21,24H,1-2H3,(H,23,25)/t21-/m0/s1. The lowest BCUT2D eigenvalue weighted by molar-refractivity contribution is 0.0944. The van der Waals surface area contributed by atoms with Crippen LogP contribution in [0.1, 0.15) is 33.1 Å². The molecule has 0 heterocycles. The third-order valence-corrected chi connectivity index (χ3v) is 4.97.